The van der Waals surface area contributed by atoms with E-state index in [1.165, 1.54) is 7.11 Å². The number of aliphatic hydroxyl groups is 1. The summed E-state index contributed by atoms with van der Waals surface area (Å²) in [5.74, 6) is -0.648. The Hall–Kier alpha value is -1.49. The molecule has 1 atom stereocenters. The molecule has 0 saturated carbocycles. The zero-order valence-corrected chi connectivity index (χ0v) is 13.2. The summed E-state index contributed by atoms with van der Waals surface area (Å²) in [6, 6.07) is 5.04. The van der Waals surface area contributed by atoms with E-state index in [1.807, 2.05) is 0 Å². The lowest BCUT2D eigenvalue weighted by atomic mass is 10.1. The van der Waals surface area contributed by atoms with Crippen LogP contribution in [0.25, 0.3) is 0 Å². The molecule has 6 heteroatoms. The van der Waals surface area contributed by atoms with Crippen LogP contribution < -0.4 is 4.90 Å². The number of esters is 1. The van der Waals surface area contributed by atoms with Gasteiger partial charge in [-0.25, -0.2) is 4.79 Å². The maximum Gasteiger partial charge on any atom is 0.335 e. The summed E-state index contributed by atoms with van der Waals surface area (Å²) in [6.07, 6.45) is 0.595. The van der Waals surface area contributed by atoms with Gasteiger partial charge in [-0.3, -0.25) is 0 Å². The van der Waals surface area contributed by atoms with Crippen LogP contribution in [0.5, 0.6) is 0 Å². The van der Waals surface area contributed by atoms with Gasteiger partial charge >= 0.3 is 5.97 Å². The minimum Gasteiger partial charge on any atom is -0.466 e. The fourth-order valence-corrected chi connectivity index (χ4v) is 2.26. The molecule has 0 bridgehead atoms. The van der Waals surface area contributed by atoms with Crippen LogP contribution in [0.15, 0.2) is 43.0 Å². The molecule has 0 aromatic heterocycles. The number of hydrogen-bond acceptors (Lipinski definition) is 4. The topological polar surface area (TPSA) is 49.8 Å². The quantitative estimate of drug-likeness (QED) is 0.474. The van der Waals surface area contributed by atoms with Crippen LogP contribution in [-0.4, -0.2) is 37.4 Å². The number of carbonyl (C=O) groups excluding carboxylic acids is 1. The van der Waals surface area contributed by atoms with Crippen molar-refractivity contribution in [2.45, 2.75) is 6.10 Å². The minimum absolute atomic E-state index is 0.0142. The van der Waals surface area contributed by atoms with E-state index in [1.54, 1.807) is 29.2 Å². The number of aliphatic hydroxyl groups excluding tert-OH is 1. The molecule has 1 unspecified atom stereocenters. The molecule has 1 N–H and O–H groups in total. The van der Waals surface area contributed by atoms with Crippen LogP contribution in [0, 0.1) is 0 Å². The van der Waals surface area contributed by atoms with Crippen molar-refractivity contribution in [3.8, 4) is 0 Å². The summed E-state index contributed by atoms with van der Waals surface area (Å²) in [7, 11) is 1.23. The highest BCUT2D eigenvalue weighted by atomic mass is 35.5. The van der Waals surface area contributed by atoms with E-state index in [4.69, 9.17) is 23.2 Å². The van der Waals surface area contributed by atoms with Crippen molar-refractivity contribution in [3.63, 3.8) is 0 Å². The van der Waals surface area contributed by atoms with Gasteiger partial charge in [-0.15, -0.1) is 6.58 Å². The molecule has 0 fully saturated rings. The molecule has 114 valence electrons. The average molecular weight is 330 g/mol. The van der Waals surface area contributed by atoms with Crippen LogP contribution in [0.4, 0.5) is 5.69 Å². The molecule has 4 nitrogen and oxygen atoms in total. The highest BCUT2D eigenvalue weighted by Gasteiger charge is 2.20. The lowest BCUT2D eigenvalue weighted by Crippen LogP contribution is -2.35. The first kappa shape index (κ1) is 17.6. The predicted molar refractivity (Wildman–Crippen MR) is 86.0 cm³/mol. The summed E-state index contributed by atoms with van der Waals surface area (Å²) >= 11 is 12.0. The highest BCUT2D eigenvalue weighted by Crippen LogP contribution is 2.26. The van der Waals surface area contributed by atoms with Gasteiger partial charge < -0.3 is 14.7 Å². The lowest BCUT2D eigenvalue weighted by Gasteiger charge is -2.26. The molecule has 21 heavy (non-hydrogen) atoms. The van der Waals surface area contributed by atoms with Crippen molar-refractivity contribution in [1.29, 1.82) is 0 Å². The zero-order chi connectivity index (χ0) is 16.0. The van der Waals surface area contributed by atoms with Gasteiger partial charge in [0, 0.05) is 28.8 Å². The summed E-state index contributed by atoms with van der Waals surface area (Å²) in [6.45, 7) is 7.79. The number of ether oxygens (including phenoxy) is 1. The number of halogens is 2. The smallest absolute Gasteiger partial charge is 0.335 e. The number of benzene rings is 1. The Morgan fingerprint density at radius 3 is 2.48 bits per heavy atom. The Kier molecular flexibility index (Phi) is 6.75. The van der Waals surface area contributed by atoms with Crippen molar-refractivity contribution in [3.05, 3.63) is 53.1 Å². The highest BCUT2D eigenvalue weighted by molar-refractivity contribution is 6.35. The Balaban J connectivity index is 2.94. The van der Waals surface area contributed by atoms with E-state index in [-0.39, 0.29) is 12.1 Å². The first-order valence-corrected chi connectivity index (χ1v) is 6.91. The molecule has 0 amide bonds. The third-order valence-electron chi connectivity index (χ3n) is 2.81. The maximum absolute atomic E-state index is 11.4. The van der Waals surface area contributed by atoms with Gasteiger partial charge in [0.05, 0.1) is 12.7 Å². The molecular weight excluding hydrogens is 313 g/mol. The Morgan fingerprint density at radius 1 is 1.43 bits per heavy atom. The average Bonchev–Trinajstić information content (AvgIpc) is 2.43. The van der Waals surface area contributed by atoms with Crippen molar-refractivity contribution in [2.75, 3.05) is 25.1 Å². The van der Waals surface area contributed by atoms with Gasteiger partial charge in [0.2, 0.25) is 0 Å². The molecule has 0 aliphatic carbocycles. The van der Waals surface area contributed by atoms with Crippen LogP contribution in [0.2, 0.25) is 10.0 Å². The second-order valence-corrected chi connectivity index (χ2v) is 5.23. The van der Waals surface area contributed by atoms with Crippen molar-refractivity contribution >= 4 is 34.9 Å². The summed E-state index contributed by atoms with van der Waals surface area (Å²) in [5, 5.41) is 11.0. The van der Waals surface area contributed by atoms with Gasteiger partial charge in [0.15, 0.2) is 0 Å². The molecule has 1 aromatic carbocycles. The Labute approximate surface area is 134 Å². The molecule has 0 aliphatic rings. The zero-order valence-electron chi connectivity index (χ0n) is 11.7. The Bertz CT molecular complexity index is 525. The van der Waals surface area contributed by atoms with E-state index in [9.17, 15) is 9.90 Å². The summed E-state index contributed by atoms with van der Waals surface area (Å²) in [4.78, 5) is 13.2. The monoisotopic (exact) mass is 329 g/mol. The van der Waals surface area contributed by atoms with E-state index in [2.05, 4.69) is 17.9 Å². The predicted octanol–water partition coefficient (Wildman–Crippen LogP) is 3.08. The maximum atomic E-state index is 11.4. The first-order chi connectivity index (χ1) is 9.88. The Morgan fingerprint density at radius 2 is 2.00 bits per heavy atom. The van der Waals surface area contributed by atoms with Crippen LogP contribution >= 0.6 is 23.2 Å². The summed E-state index contributed by atoms with van der Waals surface area (Å²) < 4.78 is 4.54. The number of rotatable bonds is 7. The van der Waals surface area contributed by atoms with E-state index in [0.717, 1.165) is 0 Å². The van der Waals surface area contributed by atoms with Crippen LogP contribution in [-0.2, 0) is 9.53 Å². The van der Waals surface area contributed by atoms with Gasteiger partial charge in [-0.05, 0) is 18.2 Å². The normalized spacial score (nSPS) is 11.6. The SMILES string of the molecule is C=CCN(CC(O)C(=C)C(=O)OC)c1cc(Cl)cc(Cl)c1. The van der Waals surface area contributed by atoms with Crippen molar-refractivity contribution < 1.29 is 14.6 Å². The van der Waals surface area contributed by atoms with Crippen LogP contribution in [0.1, 0.15) is 0 Å². The third-order valence-corrected chi connectivity index (χ3v) is 3.24. The minimum atomic E-state index is -1.07. The third kappa shape index (κ3) is 5.08. The van der Waals surface area contributed by atoms with Gasteiger partial charge in [-0.2, -0.15) is 0 Å². The molecular formula is C15H17Cl2NO3. The molecule has 0 radical (unpaired) electrons. The van der Waals surface area contributed by atoms with E-state index >= 15 is 0 Å². The molecule has 0 spiro atoms. The molecule has 1 rings (SSSR count). The van der Waals surface area contributed by atoms with E-state index < -0.39 is 12.1 Å². The fourth-order valence-electron chi connectivity index (χ4n) is 1.75. The van der Waals surface area contributed by atoms with Crippen LogP contribution in [0.3, 0.4) is 0 Å². The molecule has 1 aromatic rings. The molecule has 0 aliphatic heterocycles. The molecule has 0 heterocycles. The molecule has 0 saturated heterocycles. The van der Waals surface area contributed by atoms with Gasteiger partial charge in [0.25, 0.3) is 0 Å². The number of carbonyl (C=O) groups is 1. The van der Waals surface area contributed by atoms with Gasteiger partial charge in [-0.1, -0.05) is 35.9 Å². The van der Waals surface area contributed by atoms with E-state index in [0.29, 0.717) is 22.3 Å². The van der Waals surface area contributed by atoms with Crippen molar-refractivity contribution in [1.82, 2.24) is 0 Å². The fraction of sp³-hybridized carbons (Fsp3) is 0.267. The lowest BCUT2D eigenvalue weighted by molar-refractivity contribution is -0.137. The standard InChI is InChI=1S/C15H17Cl2NO3/c1-4-5-18(9-14(19)10(2)15(20)21-3)13-7-11(16)6-12(17)8-13/h4,6-8,14,19H,1-2,5,9H2,3H3. The number of methoxy groups -OCH3 is 1. The first-order valence-electron chi connectivity index (χ1n) is 6.16. The second-order valence-electron chi connectivity index (χ2n) is 4.35. The number of hydrogen-bond donors (Lipinski definition) is 1. The van der Waals surface area contributed by atoms with Crippen molar-refractivity contribution in [2.24, 2.45) is 0 Å². The number of anilines is 1. The van der Waals surface area contributed by atoms with Gasteiger partial charge in [0.1, 0.15) is 6.10 Å². The second kappa shape index (κ2) is 8.08. The number of nitrogens with zero attached hydrogens (tertiary/aromatic N) is 1. The summed E-state index contributed by atoms with van der Waals surface area (Å²) in [5.41, 5.74) is 0.698. The largest absolute Gasteiger partial charge is 0.466 e.